The number of furan rings is 1. The average Bonchev–Trinajstić information content (AvgIpc) is 3.27. The minimum Gasteiger partial charge on any atom is -0.504 e. The van der Waals surface area contributed by atoms with Crippen molar-refractivity contribution in [2.75, 3.05) is 13.1 Å². The smallest absolute Gasteiger partial charge is 0.254 e. The van der Waals surface area contributed by atoms with Gasteiger partial charge in [0, 0.05) is 18.2 Å². The number of aliphatic hydroxyl groups is 1. The number of aromatic hydroxyl groups is 1. The number of nitrogens with zero attached hydrogens (tertiary/aromatic N) is 1. The van der Waals surface area contributed by atoms with Crippen molar-refractivity contribution in [2.45, 2.75) is 67.7 Å². The molecule has 3 N–H and O–H groups in total. The van der Waals surface area contributed by atoms with Crippen LogP contribution in [0.1, 0.15) is 53.6 Å². The molecule has 3 fully saturated rings. The predicted molar refractivity (Wildman–Crippen MR) is 115 cm³/mol. The fourth-order valence-corrected chi connectivity index (χ4v) is 7.27. The molecule has 2 bridgehead atoms. The summed E-state index contributed by atoms with van der Waals surface area (Å²) in [6, 6.07) is 5.14. The van der Waals surface area contributed by atoms with Crippen LogP contribution in [0.25, 0.3) is 0 Å². The van der Waals surface area contributed by atoms with Crippen LogP contribution in [-0.4, -0.2) is 57.9 Å². The summed E-state index contributed by atoms with van der Waals surface area (Å²) in [5, 5.41) is 26.2. The van der Waals surface area contributed by atoms with E-state index in [1.807, 2.05) is 6.07 Å². The van der Waals surface area contributed by atoms with Gasteiger partial charge >= 0.3 is 0 Å². The van der Waals surface area contributed by atoms with Crippen molar-refractivity contribution >= 4 is 5.91 Å². The number of piperidine rings is 1. The molecule has 2 saturated carbocycles. The highest BCUT2D eigenvalue weighted by molar-refractivity contribution is 5.94. The lowest BCUT2D eigenvalue weighted by Crippen LogP contribution is -2.78. The summed E-state index contributed by atoms with van der Waals surface area (Å²) in [6.45, 7) is 1.95. The molecule has 1 aromatic carbocycles. The van der Waals surface area contributed by atoms with Crippen molar-refractivity contribution < 1.29 is 24.2 Å². The van der Waals surface area contributed by atoms with Crippen molar-refractivity contribution in [2.24, 2.45) is 5.92 Å². The molecule has 2 aliphatic heterocycles. The summed E-state index contributed by atoms with van der Waals surface area (Å²) in [5.41, 5.74) is 1.06. The lowest BCUT2D eigenvalue weighted by atomic mass is 9.48. The molecular weight excluding hydrogens is 408 g/mol. The summed E-state index contributed by atoms with van der Waals surface area (Å²) in [5.74, 6) is 1.18. The predicted octanol–water partition coefficient (Wildman–Crippen LogP) is 2.35. The van der Waals surface area contributed by atoms with Gasteiger partial charge in [-0.3, -0.25) is 9.69 Å². The Morgan fingerprint density at radius 1 is 1.22 bits per heavy atom. The van der Waals surface area contributed by atoms with E-state index in [2.05, 4.69) is 10.2 Å². The number of ether oxygens (including phenoxy) is 1. The van der Waals surface area contributed by atoms with Crippen LogP contribution < -0.4 is 10.1 Å². The zero-order chi connectivity index (χ0) is 21.7. The molecule has 1 aromatic heterocycles. The molecule has 7 nitrogen and oxygen atoms in total. The largest absolute Gasteiger partial charge is 0.504 e. The Bertz CT molecular complexity index is 1100. The fourth-order valence-electron chi connectivity index (χ4n) is 7.27. The maximum absolute atomic E-state index is 12.8. The maximum Gasteiger partial charge on any atom is 0.254 e. The number of rotatable bonds is 4. The number of phenols is 1. The number of carbonyl (C=O) groups is 1. The molecule has 7 heteroatoms. The average molecular weight is 437 g/mol. The number of benzene rings is 1. The first-order valence-electron chi connectivity index (χ1n) is 11.8. The van der Waals surface area contributed by atoms with Gasteiger partial charge in [0.1, 0.15) is 12.4 Å². The van der Waals surface area contributed by atoms with E-state index in [4.69, 9.17) is 9.15 Å². The molecule has 7 rings (SSSR count). The Labute approximate surface area is 186 Å². The van der Waals surface area contributed by atoms with Gasteiger partial charge in [-0.15, -0.1) is 0 Å². The highest BCUT2D eigenvalue weighted by atomic mass is 16.5. The molecule has 1 saturated heterocycles. The van der Waals surface area contributed by atoms with Gasteiger partial charge < -0.3 is 24.7 Å². The fraction of sp³-hybridized carbons (Fsp3) is 0.560. The van der Waals surface area contributed by atoms with Crippen LogP contribution in [-0.2, 0) is 11.8 Å². The molecule has 2 aromatic rings. The second kappa shape index (κ2) is 6.29. The van der Waals surface area contributed by atoms with Crippen LogP contribution in [0.3, 0.4) is 0 Å². The van der Waals surface area contributed by atoms with Crippen molar-refractivity contribution in [3.63, 3.8) is 0 Å². The van der Waals surface area contributed by atoms with Crippen LogP contribution in [0.5, 0.6) is 11.5 Å². The number of amides is 1. The Morgan fingerprint density at radius 2 is 2.09 bits per heavy atom. The Kier molecular flexibility index (Phi) is 3.74. The van der Waals surface area contributed by atoms with Crippen LogP contribution in [0.4, 0.5) is 0 Å². The highest BCUT2D eigenvalue weighted by Crippen LogP contribution is 2.65. The van der Waals surface area contributed by atoms with Crippen LogP contribution in [0, 0.1) is 5.92 Å². The van der Waals surface area contributed by atoms with E-state index in [0.717, 1.165) is 43.0 Å². The first-order chi connectivity index (χ1) is 15.5. The van der Waals surface area contributed by atoms with E-state index in [9.17, 15) is 15.0 Å². The summed E-state index contributed by atoms with van der Waals surface area (Å²) >= 11 is 0. The molecule has 1 amide bonds. The summed E-state index contributed by atoms with van der Waals surface area (Å²) < 4.78 is 11.5. The minimum absolute atomic E-state index is 0.0384. The first kappa shape index (κ1) is 19.0. The van der Waals surface area contributed by atoms with Crippen LogP contribution in [0.15, 0.2) is 35.1 Å². The lowest BCUT2D eigenvalue weighted by Gasteiger charge is -2.64. The number of phenolic OH excluding ortho intramolecular Hbond substituents is 1. The van der Waals surface area contributed by atoms with Crippen molar-refractivity contribution in [1.82, 2.24) is 10.2 Å². The Hall–Kier alpha value is -2.51. The minimum atomic E-state index is -0.937. The van der Waals surface area contributed by atoms with Gasteiger partial charge in [0.25, 0.3) is 5.91 Å². The van der Waals surface area contributed by atoms with E-state index in [-0.39, 0.29) is 23.7 Å². The summed E-state index contributed by atoms with van der Waals surface area (Å²) in [6.07, 6.45) is 7.85. The molecule has 0 radical (unpaired) electrons. The van der Waals surface area contributed by atoms with E-state index in [1.54, 1.807) is 12.1 Å². The molecule has 168 valence electrons. The van der Waals surface area contributed by atoms with E-state index in [1.165, 1.54) is 25.4 Å². The van der Waals surface area contributed by atoms with Gasteiger partial charge in [0.05, 0.1) is 28.9 Å². The van der Waals surface area contributed by atoms with E-state index in [0.29, 0.717) is 24.2 Å². The number of hydrogen-bond donors (Lipinski definition) is 3. The maximum atomic E-state index is 12.8. The number of nitrogens with one attached hydrogen (secondary N) is 1. The zero-order valence-corrected chi connectivity index (χ0v) is 17.9. The van der Waals surface area contributed by atoms with Gasteiger partial charge in [0.2, 0.25) is 0 Å². The van der Waals surface area contributed by atoms with Crippen molar-refractivity contribution in [1.29, 1.82) is 0 Å². The third-order valence-electron chi connectivity index (χ3n) is 8.86. The molecule has 0 unspecified atom stereocenters. The SMILES string of the molecule is O=C(N[C@H]1CC[C@@]2(O)[C@H]3Cc4ccc(O)c5c4[C@@]2(CCN3CC2CC2)[C@H]1O5)c1ccoc1. The molecule has 32 heavy (non-hydrogen) atoms. The standard InChI is InChI=1S/C25H28N2O5/c28-18-4-3-15-11-19-25(30)7-5-17(26-23(29)16-6-10-31-13-16)22-24(25,20(15)21(18)32-22)8-9-27(19)12-14-1-2-14/h3-4,6,10,13-14,17,19,22,28,30H,1-2,5,7-9,11-12H2,(H,26,29)/t17-,19+,22-,24-,25+/m0/s1. The second-order valence-electron chi connectivity index (χ2n) is 10.4. The second-order valence-corrected chi connectivity index (χ2v) is 10.4. The van der Waals surface area contributed by atoms with Gasteiger partial charge in [-0.25, -0.2) is 0 Å². The normalized spacial score (nSPS) is 37.0. The number of hydrogen-bond acceptors (Lipinski definition) is 6. The monoisotopic (exact) mass is 436 g/mol. The number of likely N-dealkylation sites (tertiary alicyclic amines) is 1. The lowest BCUT2D eigenvalue weighted by molar-refractivity contribution is -0.191. The molecule has 3 aliphatic carbocycles. The third-order valence-corrected chi connectivity index (χ3v) is 8.86. The molecular formula is C25H28N2O5. The Balaban J connectivity index is 1.32. The third kappa shape index (κ3) is 2.30. The van der Waals surface area contributed by atoms with Gasteiger partial charge in [0.15, 0.2) is 11.5 Å². The van der Waals surface area contributed by atoms with Gasteiger partial charge in [-0.05, 0) is 68.7 Å². The van der Waals surface area contributed by atoms with E-state index < -0.39 is 17.1 Å². The number of carbonyl (C=O) groups excluding carboxylic acids is 1. The molecule has 3 heterocycles. The summed E-state index contributed by atoms with van der Waals surface area (Å²) in [4.78, 5) is 15.4. The van der Waals surface area contributed by atoms with Gasteiger partial charge in [-0.1, -0.05) is 6.07 Å². The van der Waals surface area contributed by atoms with E-state index >= 15 is 0 Å². The molecule has 5 aliphatic rings. The molecule has 1 spiro atoms. The highest BCUT2D eigenvalue weighted by Gasteiger charge is 2.73. The van der Waals surface area contributed by atoms with Crippen molar-refractivity contribution in [3.8, 4) is 11.5 Å². The van der Waals surface area contributed by atoms with Gasteiger partial charge in [-0.2, -0.15) is 0 Å². The van der Waals surface area contributed by atoms with Crippen LogP contribution >= 0.6 is 0 Å². The first-order valence-corrected chi connectivity index (χ1v) is 11.8. The Morgan fingerprint density at radius 3 is 2.88 bits per heavy atom. The van der Waals surface area contributed by atoms with Crippen molar-refractivity contribution in [3.05, 3.63) is 47.4 Å². The zero-order valence-electron chi connectivity index (χ0n) is 17.9. The summed E-state index contributed by atoms with van der Waals surface area (Å²) in [7, 11) is 0. The topological polar surface area (TPSA) is 95.2 Å². The molecule has 5 atom stereocenters. The van der Waals surface area contributed by atoms with Crippen LogP contribution in [0.2, 0.25) is 0 Å². The quantitative estimate of drug-likeness (QED) is 0.681.